The molecule has 2 aliphatic rings. The molecule has 2 aromatic rings. The Kier molecular flexibility index (Phi) is 4.63. The van der Waals surface area contributed by atoms with E-state index in [1.54, 1.807) is 0 Å². The summed E-state index contributed by atoms with van der Waals surface area (Å²) < 4.78 is 12.0. The van der Waals surface area contributed by atoms with E-state index in [1.807, 2.05) is 6.07 Å². The Bertz CT molecular complexity index is 708. The second-order valence-corrected chi connectivity index (χ2v) is 7.10. The zero-order valence-electron chi connectivity index (χ0n) is 13.6. The van der Waals surface area contributed by atoms with Crippen molar-refractivity contribution in [1.29, 1.82) is 0 Å². The first-order chi connectivity index (χ1) is 11.8. The van der Waals surface area contributed by atoms with Crippen LogP contribution in [0.3, 0.4) is 0 Å². The Labute approximate surface area is 151 Å². The zero-order valence-corrected chi connectivity index (χ0v) is 15.2. The van der Waals surface area contributed by atoms with E-state index in [2.05, 4.69) is 62.1 Å². The molecule has 0 radical (unpaired) electrons. The molecule has 126 valence electrons. The van der Waals surface area contributed by atoms with Crippen molar-refractivity contribution in [2.45, 2.75) is 13.0 Å². The molecule has 2 aliphatic heterocycles. The van der Waals surface area contributed by atoms with Crippen LogP contribution in [0.5, 0.6) is 11.5 Å². The summed E-state index contributed by atoms with van der Waals surface area (Å²) in [5, 5.41) is 0. The smallest absolute Gasteiger partial charge is 0.231 e. The molecule has 4 nitrogen and oxygen atoms in total. The summed E-state index contributed by atoms with van der Waals surface area (Å²) in [6, 6.07) is 14.8. The van der Waals surface area contributed by atoms with Crippen LogP contribution in [0.15, 0.2) is 46.9 Å². The minimum absolute atomic E-state index is 0.320. The highest BCUT2D eigenvalue weighted by atomic mass is 79.9. The number of halogens is 1. The molecule has 0 spiro atoms. The minimum atomic E-state index is 0.320. The predicted octanol–water partition coefficient (Wildman–Crippen LogP) is 3.89. The number of anilines is 1. The van der Waals surface area contributed by atoms with Gasteiger partial charge in [-0.25, -0.2) is 0 Å². The van der Waals surface area contributed by atoms with Crippen molar-refractivity contribution in [2.24, 2.45) is 0 Å². The van der Waals surface area contributed by atoms with Gasteiger partial charge in [0.2, 0.25) is 6.79 Å². The van der Waals surface area contributed by atoms with Crippen molar-refractivity contribution in [3.8, 4) is 11.5 Å². The lowest BCUT2D eigenvalue weighted by atomic mass is 10.2. The van der Waals surface area contributed by atoms with E-state index in [1.165, 1.54) is 17.7 Å². The standard InChI is InChI=1S/C19H21BrN2O2/c20-17-12-19-18(23-14-24-19)11-15(17)13-21-7-4-8-22(10-9-21)16-5-2-1-3-6-16/h1-3,5-6,11-12H,4,7-10,13-14H2. The summed E-state index contributed by atoms with van der Waals surface area (Å²) in [6.45, 7) is 5.61. The Hall–Kier alpha value is -1.72. The number of hydrogen-bond acceptors (Lipinski definition) is 4. The molecule has 0 aliphatic carbocycles. The van der Waals surface area contributed by atoms with Gasteiger partial charge in [0, 0.05) is 42.9 Å². The molecule has 0 amide bonds. The predicted molar refractivity (Wildman–Crippen MR) is 98.8 cm³/mol. The summed E-state index contributed by atoms with van der Waals surface area (Å²) in [4.78, 5) is 5.00. The molecule has 1 fully saturated rings. The molecule has 0 unspecified atom stereocenters. The first-order valence-corrected chi connectivity index (χ1v) is 9.19. The quantitative estimate of drug-likeness (QED) is 0.795. The summed E-state index contributed by atoms with van der Waals surface area (Å²) in [6.07, 6.45) is 1.18. The minimum Gasteiger partial charge on any atom is -0.454 e. The van der Waals surface area contributed by atoms with Crippen LogP contribution in [0.2, 0.25) is 0 Å². The topological polar surface area (TPSA) is 24.9 Å². The van der Waals surface area contributed by atoms with Gasteiger partial charge in [-0.1, -0.05) is 34.1 Å². The van der Waals surface area contributed by atoms with Gasteiger partial charge in [0.1, 0.15) is 0 Å². The maximum Gasteiger partial charge on any atom is 0.231 e. The fourth-order valence-electron chi connectivity index (χ4n) is 3.35. The van der Waals surface area contributed by atoms with E-state index in [0.29, 0.717) is 6.79 Å². The van der Waals surface area contributed by atoms with Gasteiger partial charge in [-0.05, 0) is 36.2 Å². The summed E-state index contributed by atoms with van der Waals surface area (Å²) in [5.41, 5.74) is 2.58. The number of fused-ring (bicyclic) bond motifs is 1. The van der Waals surface area contributed by atoms with Crippen LogP contribution in [0.4, 0.5) is 5.69 Å². The van der Waals surface area contributed by atoms with Crippen LogP contribution in [-0.4, -0.2) is 37.9 Å². The van der Waals surface area contributed by atoms with Crippen molar-refractivity contribution in [3.05, 3.63) is 52.5 Å². The number of hydrogen-bond donors (Lipinski definition) is 0. The van der Waals surface area contributed by atoms with Gasteiger partial charge in [-0.3, -0.25) is 4.90 Å². The third-order valence-electron chi connectivity index (χ3n) is 4.65. The van der Waals surface area contributed by atoms with E-state index in [0.717, 1.165) is 48.7 Å². The first kappa shape index (κ1) is 15.8. The molecule has 24 heavy (non-hydrogen) atoms. The van der Waals surface area contributed by atoms with Gasteiger partial charge >= 0.3 is 0 Å². The van der Waals surface area contributed by atoms with Gasteiger partial charge in [-0.2, -0.15) is 0 Å². The number of nitrogens with zero attached hydrogens (tertiary/aromatic N) is 2. The number of rotatable bonds is 3. The van der Waals surface area contributed by atoms with Gasteiger partial charge in [0.05, 0.1) is 0 Å². The lowest BCUT2D eigenvalue weighted by Crippen LogP contribution is -2.30. The highest BCUT2D eigenvalue weighted by Gasteiger charge is 2.19. The molecular formula is C19H21BrN2O2. The molecule has 0 aromatic heterocycles. The lowest BCUT2D eigenvalue weighted by Gasteiger charge is -2.24. The van der Waals surface area contributed by atoms with Crippen LogP contribution < -0.4 is 14.4 Å². The van der Waals surface area contributed by atoms with Crippen molar-refractivity contribution in [1.82, 2.24) is 4.90 Å². The number of benzene rings is 2. The largest absolute Gasteiger partial charge is 0.454 e. The van der Waals surface area contributed by atoms with Crippen molar-refractivity contribution >= 4 is 21.6 Å². The average Bonchev–Trinajstić information content (AvgIpc) is 2.92. The molecule has 1 saturated heterocycles. The van der Waals surface area contributed by atoms with Gasteiger partial charge in [0.25, 0.3) is 0 Å². The highest BCUT2D eigenvalue weighted by Crippen LogP contribution is 2.37. The Morgan fingerprint density at radius 1 is 0.917 bits per heavy atom. The number of ether oxygens (including phenoxy) is 2. The molecular weight excluding hydrogens is 368 g/mol. The van der Waals surface area contributed by atoms with Gasteiger partial charge in [0.15, 0.2) is 11.5 Å². The van der Waals surface area contributed by atoms with Gasteiger partial charge in [-0.15, -0.1) is 0 Å². The fraction of sp³-hybridized carbons (Fsp3) is 0.368. The van der Waals surface area contributed by atoms with E-state index in [-0.39, 0.29) is 0 Å². The second kappa shape index (κ2) is 7.03. The molecule has 0 N–H and O–H groups in total. The van der Waals surface area contributed by atoms with E-state index >= 15 is 0 Å². The summed E-state index contributed by atoms with van der Waals surface area (Å²) in [7, 11) is 0. The third-order valence-corrected chi connectivity index (χ3v) is 5.38. The summed E-state index contributed by atoms with van der Waals surface area (Å²) >= 11 is 3.67. The zero-order chi connectivity index (χ0) is 16.4. The van der Waals surface area contributed by atoms with Crippen molar-refractivity contribution < 1.29 is 9.47 Å². The lowest BCUT2D eigenvalue weighted by molar-refractivity contribution is 0.174. The van der Waals surface area contributed by atoms with Crippen molar-refractivity contribution in [3.63, 3.8) is 0 Å². The van der Waals surface area contributed by atoms with E-state index < -0.39 is 0 Å². The SMILES string of the molecule is Brc1cc2c(cc1CN1CCCN(c3ccccc3)CC1)OCO2. The third kappa shape index (κ3) is 3.37. The number of para-hydroxylation sites is 1. The monoisotopic (exact) mass is 388 g/mol. The van der Waals surface area contributed by atoms with Gasteiger partial charge < -0.3 is 14.4 Å². The molecule has 0 atom stereocenters. The Morgan fingerprint density at radius 3 is 2.54 bits per heavy atom. The first-order valence-electron chi connectivity index (χ1n) is 8.40. The Morgan fingerprint density at radius 2 is 1.71 bits per heavy atom. The highest BCUT2D eigenvalue weighted by molar-refractivity contribution is 9.10. The van der Waals surface area contributed by atoms with Crippen LogP contribution in [0.1, 0.15) is 12.0 Å². The molecule has 2 aromatic carbocycles. The fourth-order valence-corrected chi connectivity index (χ4v) is 3.80. The molecule has 0 saturated carbocycles. The molecule has 0 bridgehead atoms. The second-order valence-electron chi connectivity index (χ2n) is 6.25. The average molecular weight is 389 g/mol. The van der Waals surface area contributed by atoms with Crippen LogP contribution in [0, 0.1) is 0 Å². The van der Waals surface area contributed by atoms with Crippen LogP contribution in [0.25, 0.3) is 0 Å². The van der Waals surface area contributed by atoms with E-state index in [4.69, 9.17) is 9.47 Å². The molecule has 4 rings (SSSR count). The molecule has 2 heterocycles. The van der Waals surface area contributed by atoms with Crippen LogP contribution in [-0.2, 0) is 6.54 Å². The molecule has 5 heteroatoms. The van der Waals surface area contributed by atoms with Crippen LogP contribution >= 0.6 is 15.9 Å². The normalized spacial score (nSPS) is 17.8. The maximum absolute atomic E-state index is 5.51. The van der Waals surface area contributed by atoms with E-state index in [9.17, 15) is 0 Å². The van der Waals surface area contributed by atoms with Crippen molar-refractivity contribution in [2.75, 3.05) is 37.9 Å². The Balaban J connectivity index is 1.43. The summed E-state index contributed by atoms with van der Waals surface area (Å²) in [5.74, 6) is 1.69. The maximum atomic E-state index is 5.51.